The van der Waals surface area contributed by atoms with Gasteiger partial charge < -0.3 is 13.6 Å². The molecule has 3 heterocycles. The second-order valence-electron chi connectivity index (χ2n) is 12.3. The Bertz CT molecular complexity index is 3070. The molecule has 7 aromatic carbocycles. The van der Waals surface area contributed by atoms with Gasteiger partial charge in [0.15, 0.2) is 0 Å². The van der Waals surface area contributed by atoms with Crippen molar-refractivity contribution in [1.29, 1.82) is 10.5 Å². The van der Waals surface area contributed by atoms with E-state index >= 15 is 0 Å². The van der Waals surface area contributed by atoms with Crippen molar-refractivity contribution in [2.45, 2.75) is 0 Å². The van der Waals surface area contributed by atoms with E-state index in [1.54, 1.807) is 6.07 Å². The average Bonchev–Trinajstić information content (AvgIpc) is 3.83. The van der Waals surface area contributed by atoms with Crippen LogP contribution in [0.5, 0.6) is 0 Å². The Labute approximate surface area is 280 Å². The Morgan fingerprint density at radius 1 is 0.490 bits per heavy atom. The summed E-state index contributed by atoms with van der Waals surface area (Å²) in [5.74, 6) is 0. The Hall–Kier alpha value is -7.08. The molecule has 0 radical (unpaired) electrons. The molecule has 0 atom stereocenters. The molecule has 10 aromatic rings. The highest BCUT2D eigenvalue weighted by Gasteiger charge is 2.28. The summed E-state index contributed by atoms with van der Waals surface area (Å²) in [6.45, 7) is 0. The van der Waals surface area contributed by atoms with Crippen LogP contribution in [-0.2, 0) is 0 Å². The molecule has 0 saturated carbocycles. The third kappa shape index (κ3) is 3.73. The number of para-hydroxylation sites is 4. The number of aromatic nitrogens is 2. The van der Waals surface area contributed by atoms with Crippen LogP contribution in [0.25, 0.3) is 88.1 Å². The molecule has 0 amide bonds. The van der Waals surface area contributed by atoms with Crippen LogP contribution in [0.2, 0.25) is 0 Å². The molecule has 0 aliphatic carbocycles. The number of nitriles is 2. The SMILES string of the molecule is N#Cc1cccc(-c2ccc(-n3c4ccccc4c4c5c(c6ccccc6n5-c5ccccc5)c5oc6ccccc6c5c43)c(C#N)c2)c1. The van der Waals surface area contributed by atoms with Crippen LogP contribution in [-0.4, -0.2) is 9.13 Å². The Balaban J connectivity index is 1.45. The molecule has 0 spiro atoms. The van der Waals surface area contributed by atoms with Crippen molar-refractivity contribution in [2.75, 3.05) is 0 Å². The van der Waals surface area contributed by atoms with E-state index in [9.17, 15) is 10.5 Å². The number of benzene rings is 7. The zero-order valence-electron chi connectivity index (χ0n) is 26.1. The number of fused-ring (bicyclic) bond motifs is 12. The molecule has 10 rings (SSSR count). The number of rotatable bonds is 3. The van der Waals surface area contributed by atoms with Gasteiger partial charge in [0.25, 0.3) is 0 Å². The minimum absolute atomic E-state index is 0.534. The van der Waals surface area contributed by atoms with Gasteiger partial charge in [0, 0.05) is 27.2 Å². The van der Waals surface area contributed by atoms with Gasteiger partial charge >= 0.3 is 0 Å². The third-order valence-electron chi connectivity index (χ3n) is 9.74. The van der Waals surface area contributed by atoms with E-state index < -0.39 is 0 Å². The smallest absolute Gasteiger partial charge is 0.147 e. The lowest BCUT2D eigenvalue weighted by Gasteiger charge is -2.13. The van der Waals surface area contributed by atoms with E-state index in [1.807, 2.05) is 54.6 Å². The summed E-state index contributed by atoms with van der Waals surface area (Å²) in [5.41, 5.74) is 10.5. The summed E-state index contributed by atoms with van der Waals surface area (Å²) >= 11 is 0. The standard InChI is InChI=1S/C44H24N4O/c45-25-27-11-10-12-28(23-27)29-21-22-35(30(24-29)26-46)48-37-19-8-4-15-32(37)39-42-40(44-41(43(39)48)34-17-6-9-20-38(34)49-44)33-16-5-7-18-36(33)47(42)31-13-2-1-3-14-31/h1-24H. The first-order chi connectivity index (χ1) is 24.2. The van der Waals surface area contributed by atoms with Crippen molar-refractivity contribution >= 4 is 65.6 Å². The molecule has 0 aliphatic rings. The average molecular weight is 625 g/mol. The highest BCUT2D eigenvalue weighted by molar-refractivity contribution is 6.39. The number of hydrogen-bond donors (Lipinski definition) is 0. The van der Waals surface area contributed by atoms with Crippen LogP contribution in [0.3, 0.4) is 0 Å². The summed E-state index contributed by atoms with van der Waals surface area (Å²) in [6, 6.07) is 53.9. The van der Waals surface area contributed by atoms with Gasteiger partial charge in [-0.3, -0.25) is 0 Å². The van der Waals surface area contributed by atoms with E-state index in [-0.39, 0.29) is 0 Å². The van der Waals surface area contributed by atoms with Crippen molar-refractivity contribution in [2.24, 2.45) is 0 Å². The van der Waals surface area contributed by atoms with E-state index in [0.29, 0.717) is 11.1 Å². The topological polar surface area (TPSA) is 70.6 Å². The second kappa shape index (κ2) is 10.2. The Kier molecular flexibility index (Phi) is 5.64. The molecule has 5 nitrogen and oxygen atoms in total. The summed E-state index contributed by atoms with van der Waals surface area (Å²) in [6.07, 6.45) is 0. The molecule has 5 heteroatoms. The maximum atomic E-state index is 10.7. The van der Waals surface area contributed by atoms with E-state index in [2.05, 4.69) is 106 Å². The lowest BCUT2D eigenvalue weighted by molar-refractivity contribution is 0.673. The zero-order chi connectivity index (χ0) is 32.6. The van der Waals surface area contributed by atoms with E-state index in [0.717, 1.165) is 88.1 Å². The van der Waals surface area contributed by atoms with Crippen LogP contribution >= 0.6 is 0 Å². The molecule has 0 aliphatic heterocycles. The van der Waals surface area contributed by atoms with Crippen LogP contribution in [0.4, 0.5) is 0 Å². The highest BCUT2D eigenvalue weighted by atomic mass is 16.3. The summed E-state index contributed by atoms with van der Waals surface area (Å²) in [5, 5.41) is 26.6. The van der Waals surface area contributed by atoms with E-state index in [4.69, 9.17) is 4.42 Å². The highest BCUT2D eigenvalue weighted by Crippen LogP contribution is 2.49. The molecule has 0 fully saturated rings. The fourth-order valence-electron chi connectivity index (χ4n) is 7.74. The predicted octanol–water partition coefficient (Wildman–Crippen LogP) is 11.2. The molecule has 0 N–H and O–H groups in total. The Morgan fingerprint density at radius 3 is 1.90 bits per heavy atom. The summed E-state index contributed by atoms with van der Waals surface area (Å²) < 4.78 is 11.5. The molecule has 0 saturated heterocycles. The number of hydrogen-bond acceptors (Lipinski definition) is 3. The third-order valence-corrected chi connectivity index (χ3v) is 9.74. The first-order valence-corrected chi connectivity index (χ1v) is 16.1. The van der Waals surface area contributed by atoms with Gasteiger partial charge in [-0.05, 0) is 65.7 Å². The first kappa shape index (κ1) is 27.1. The molecular formula is C44H24N4O. The Morgan fingerprint density at radius 2 is 1.12 bits per heavy atom. The monoisotopic (exact) mass is 624 g/mol. The lowest BCUT2D eigenvalue weighted by atomic mass is 10.00. The lowest BCUT2D eigenvalue weighted by Crippen LogP contribution is -1.99. The summed E-state index contributed by atoms with van der Waals surface area (Å²) in [4.78, 5) is 0. The van der Waals surface area contributed by atoms with Crippen molar-refractivity contribution in [3.8, 4) is 34.6 Å². The molecule has 3 aromatic heterocycles. The quantitative estimate of drug-likeness (QED) is 0.196. The maximum Gasteiger partial charge on any atom is 0.147 e. The normalized spacial score (nSPS) is 11.6. The van der Waals surface area contributed by atoms with Gasteiger partial charge in [0.2, 0.25) is 0 Å². The predicted molar refractivity (Wildman–Crippen MR) is 197 cm³/mol. The van der Waals surface area contributed by atoms with Gasteiger partial charge in [0.1, 0.15) is 17.2 Å². The zero-order valence-corrected chi connectivity index (χ0v) is 26.1. The second-order valence-corrected chi connectivity index (χ2v) is 12.3. The maximum absolute atomic E-state index is 10.7. The molecule has 49 heavy (non-hydrogen) atoms. The number of nitrogens with zero attached hydrogens (tertiary/aromatic N) is 4. The number of furan rings is 1. The van der Waals surface area contributed by atoms with Gasteiger partial charge in [-0.25, -0.2) is 0 Å². The van der Waals surface area contributed by atoms with E-state index in [1.165, 1.54) is 0 Å². The van der Waals surface area contributed by atoms with Gasteiger partial charge in [0.05, 0.1) is 55.7 Å². The fourth-order valence-corrected chi connectivity index (χ4v) is 7.74. The van der Waals surface area contributed by atoms with Crippen molar-refractivity contribution in [1.82, 2.24) is 9.13 Å². The molecule has 226 valence electrons. The minimum Gasteiger partial charge on any atom is -0.455 e. The van der Waals surface area contributed by atoms with Crippen LogP contribution < -0.4 is 0 Å². The first-order valence-electron chi connectivity index (χ1n) is 16.1. The van der Waals surface area contributed by atoms with Crippen molar-refractivity contribution in [3.63, 3.8) is 0 Å². The molecule has 0 bridgehead atoms. The fraction of sp³-hybridized carbons (Fsp3) is 0. The summed E-state index contributed by atoms with van der Waals surface area (Å²) in [7, 11) is 0. The van der Waals surface area contributed by atoms with Crippen molar-refractivity contribution < 1.29 is 4.42 Å². The van der Waals surface area contributed by atoms with Crippen molar-refractivity contribution in [3.05, 3.63) is 157 Å². The van der Waals surface area contributed by atoms with Gasteiger partial charge in [-0.1, -0.05) is 91.0 Å². The van der Waals surface area contributed by atoms with Gasteiger partial charge in [-0.2, -0.15) is 10.5 Å². The van der Waals surface area contributed by atoms with Gasteiger partial charge in [-0.15, -0.1) is 0 Å². The molecular weight excluding hydrogens is 601 g/mol. The largest absolute Gasteiger partial charge is 0.455 e. The molecule has 0 unspecified atom stereocenters. The minimum atomic E-state index is 0.534. The van der Waals surface area contributed by atoms with Crippen LogP contribution in [0.1, 0.15) is 11.1 Å². The van der Waals surface area contributed by atoms with Crippen LogP contribution in [0.15, 0.2) is 150 Å². The van der Waals surface area contributed by atoms with Crippen LogP contribution in [0, 0.1) is 22.7 Å².